The quantitative estimate of drug-likeness (QED) is 0.751. The van der Waals surface area contributed by atoms with Crippen molar-refractivity contribution >= 4 is 17.2 Å². The van der Waals surface area contributed by atoms with Gasteiger partial charge in [-0.3, -0.25) is 4.79 Å². The second-order valence-corrected chi connectivity index (χ2v) is 3.66. The second kappa shape index (κ2) is 4.14. The van der Waals surface area contributed by atoms with Crippen LogP contribution in [0.1, 0.15) is 12.5 Å². The highest BCUT2D eigenvalue weighted by Crippen LogP contribution is 2.15. The van der Waals surface area contributed by atoms with E-state index in [2.05, 4.69) is 4.98 Å². The third-order valence-corrected chi connectivity index (χ3v) is 2.73. The number of pyridine rings is 1. The molecule has 0 aliphatic carbocycles. The van der Waals surface area contributed by atoms with E-state index in [4.69, 9.17) is 16.3 Å². The van der Waals surface area contributed by atoms with Gasteiger partial charge in [0, 0.05) is 0 Å². The van der Waals surface area contributed by atoms with Crippen LogP contribution in [0.3, 0.4) is 0 Å². The number of rotatable bonds is 2. The molecule has 0 fully saturated rings. The highest BCUT2D eigenvalue weighted by Gasteiger charge is 2.11. The first kappa shape index (κ1) is 11.0. The smallest absolute Gasteiger partial charge is 0.265 e. The first-order valence-electron chi connectivity index (χ1n) is 4.93. The van der Waals surface area contributed by atoms with E-state index in [1.165, 1.54) is 11.5 Å². The molecule has 0 saturated carbocycles. The Morgan fingerprint density at radius 3 is 2.88 bits per heavy atom. The van der Waals surface area contributed by atoms with Gasteiger partial charge in [0.15, 0.2) is 0 Å². The maximum absolute atomic E-state index is 12.1. The molecular weight excluding hydrogens is 228 g/mol. The van der Waals surface area contributed by atoms with E-state index in [1.807, 2.05) is 6.92 Å². The molecule has 0 amide bonds. The predicted molar refractivity (Wildman–Crippen MR) is 62.4 cm³/mol. The molecule has 84 valence electrons. The van der Waals surface area contributed by atoms with Gasteiger partial charge in [0.1, 0.15) is 10.8 Å². The molecule has 2 aromatic heterocycles. The fourth-order valence-electron chi connectivity index (χ4n) is 1.62. The van der Waals surface area contributed by atoms with Crippen LogP contribution in [0.4, 0.5) is 0 Å². The molecule has 4 nitrogen and oxygen atoms in total. The van der Waals surface area contributed by atoms with Gasteiger partial charge in [-0.25, -0.2) is 9.38 Å². The summed E-state index contributed by atoms with van der Waals surface area (Å²) in [6, 6.07) is 5.20. The number of hydrogen-bond donors (Lipinski definition) is 0. The number of aromatic nitrogens is 2. The van der Waals surface area contributed by atoms with E-state index >= 15 is 0 Å². The third kappa shape index (κ3) is 1.55. The summed E-state index contributed by atoms with van der Waals surface area (Å²) in [5.74, 6) is 0.460. The van der Waals surface area contributed by atoms with Gasteiger partial charge in [0.2, 0.25) is 5.88 Å². The van der Waals surface area contributed by atoms with Crippen LogP contribution >= 0.6 is 11.6 Å². The molecule has 5 heteroatoms. The lowest BCUT2D eigenvalue weighted by molar-refractivity contribution is 0.390. The van der Waals surface area contributed by atoms with Crippen LogP contribution in [0.15, 0.2) is 23.0 Å². The zero-order chi connectivity index (χ0) is 11.7. The van der Waals surface area contributed by atoms with Gasteiger partial charge in [-0.15, -0.1) is 0 Å². The van der Waals surface area contributed by atoms with Gasteiger partial charge in [0.05, 0.1) is 12.7 Å². The highest BCUT2D eigenvalue weighted by molar-refractivity contribution is 6.30. The summed E-state index contributed by atoms with van der Waals surface area (Å²) in [5.41, 5.74) is 0.824. The van der Waals surface area contributed by atoms with Crippen molar-refractivity contribution in [3.05, 3.63) is 39.3 Å². The van der Waals surface area contributed by atoms with Gasteiger partial charge in [-0.2, -0.15) is 0 Å². The van der Waals surface area contributed by atoms with E-state index in [0.717, 1.165) is 0 Å². The average Bonchev–Trinajstić information content (AvgIpc) is 2.28. The topological polar surface area (TPSA) is 43.6 Å². The molecule has 0 aliphatic rings. The maximum Gasteiger partial charge on any atom is 0.265 e. The monoisotopic (exact) mass is 238 g/mol. The molecule has 0 radical (unpaired) electrons. The molecule has 0 aromatic carbocycles. The number of hydrogen-bond acceptors (Lipinski definition) is 3. The van der Waals surface area contributed by atoms with Crippen molar-refractivity contribution in [3.8, 4) is 5.88 Å². The van der Waals surface area contributed by atoms with Crippen molar-refractivity contribution in [3.63, 3.8) is 0 Å². The van der Waals surface area contributed by atoms with Crippen LogP contribution in [0, 0.1) is 0 Å². The fourth-order valence-corrected chi connectivity index (χ4v) is 1.92. The summed E-state index contributed by atoms with van der Waals surface area (Å²) in [4.78, 5) is 16.3. The Balaban J connectivity index is 2.95. The Labute approximate surface area is 97.5 Å². The minimum Gasteiger partial charge on any atom is -0.482 e. The van der Waals surface area contributed by atoms with Gasteiger partial charge < -0.3 is 4.74 Å². The van der Waals surface area contributed by atoms with Crippen LogP contribution in [-0.2, 0) is 6.42 Å². The predicted octanol–water partition coefficient (Wildman–Crippen LogP) is 1.92. The lowest BCUT2D eigenvalue weighted by Crippen LogP contribution is -2.21. The van der Waals surface area contributed by atoms with E-state index < -0.39 is 0 Å². The summed E-state index contributed by atoms with van der Waals surface area (Å²) in [7, 11) is 1.52. The molecule has 0 unspecified atom stereocenters. The number of methoxy groups -OCH3 is 1. The molecule has 0 saturated heterocycles. The highest BCUT2D eigenvalue weighted by atomic mass is 35.5. The van der Waals surface area contributed by atoms with Crippen molar-refractivity contribution in [2.24, 2.45) is 0 Å². The summed E-state index contributed by atoms with van der Waals surface area (Å²) in [5, 5.41) is 0.265. The Hall–Kier alpha value is -1.55. The Morgan fingerprint density at radius 1 is 1.50 bits per heavy atom. The molecule has 2 heterocycles. The number of nitrogens with zero attached hydrogens (tertiary/aromatic N) is 2. The van der Waals surface area contributed by atoms with Crippen LogP contribution in [0.25, 0.3) is 5.65 Å². The van der Waals surface area contributed by atoms with Crippen molar-refractivity contribution in [1.29, 1.82) is 0 Å². The molecular formula is C11H11ClN2O2. The second-order valence-electron chi connectivity index (χ2n) is 3.30. The number of ether oxygens (including phenoxy) is 1. The van der Waals surface area contributed by atoms with Gasteiger partial charge >= 0.3 is 0 Å². The SMILES string of the molecule is CCc1c(Cl)nc2cccc(OC)n2c1=O. The lowest BCUT2D eigenvalue weighted by Gasteiger charge is -2.08. The van der Waals surface area contributed by atoms with Gasteiger partial charge in [0.25, 0.3) is 5.56 Å². The largest absolute Gasteiger partial charge is 0.482 e. The zero-order valence-electron chi connectivity index (χ0n) is 9.03. The Bertz CT molecular complexity index is 592. The zero-order valence-corrected chi connectivity index (χ0v) is 9.78. The van der Waals surface area contributed by atoms with Crippen LogP contribution in [0.5, 0.6) is 5.88 Å². The maximum atomic E-state index is 12.1. The Kier molecular flexibility index (Phi) is 2.83. The lowest BCUT2D eigenvalue weighted by atomic mass is 10.2. The standard InChI is InChI=1S/C11H11ClN2O2/c1-3-7-10(12)13-8-5-4-6-9(16-2)14(8)11(7)15/h4-6H,3H2,1-2H3. The van der Waals surface area contributed by atoms with Crippen molar-refractivity contribution in [2.45, 2.75) is 13.3 Å². The summed E-state index contributed by atoms with van der Waals surface area (Å²) < 4.78 is 6.55. The summed E-state index contributed by atoms with van der Waals surface area (Å²) >= 11 is 5.94. The fraction of sp³-hybridized carbons (Fsp3) is 0.273. The van der Waals surface area contributed by atoms with Gasteiger partial charge in [-0.1, -0.05) is 24.6 Å². The first-order chi connectivity index (χ1) is 7.69. The molecule has 16 heavy (non-hydrogen) atoms. The number of fused-ring (bicyclic) bond motifs is 1. The van der Waals surface area contributed by atoms with Crippen molar-refractivity contribution < 1.29 is 4.74 Å². The van der Waals surface area contributed by atoms with E-state index in [9.17, 15) is 4.79 Å². The van der Waals surface area contributed by atoms with E-state index in [0.29, 0.717) is 23.5 Å². The summed E-state index contributed by atoms with van der Waals surface area (Å²) in [6.45, 7) is 1.87. The molecule has 2 aromatic rings. The molecule has 2 rings (SSSR count). The molecule has 0 aliphatic heterocycles. The Morgan fingerprint density at radius 2 is 2.25 bits per heavy atom. The van der Waals surface area contributed by atoms with Crippen LogP contribution in [0.2, 0.25) is 5.15 Å². The molecule has 0 N–H and O–H groups in total. The van der Waals surface area contributed by atoms with Gasteiger partial charge in [-0.05, 0) is 18.6 Å². The van der Waals surface area contributed by atoms with Crippen molar-refractivity contribution in [2.75, 3.05) is 7.11 Å². The molecule has 0 spiro atoms. The van der Waals surface area contributed by atoms with E-state index in [1.54, 1.807) is 18.2 Å². The summed E-state index contributed by atoms with van der Waals surface area (Å²) in [6.07, 6.45) is 0.547. The minimum atomic E-state index is -0.171. The van der Waals surface area contributed by atoms with Crippen LogP contribution in [-0.4, -0.2) is 16.5 Å². The van der Waals surface area contributed by atoms with Crippen molar-refractivity contribution in [1.82, 2.24) is 9.38 Å². The molecule has 0 bridgehead atoms. The normalized spacial score (nSPS) is 10.7. The number of halogens is 1. The van der Waals surface area contributed by atoms with Crippen LogP contribution < -0.4 is 10.3 Å². The molecule has 0 atom stereocenters. The average molecular weight is 239 g/mol. The first-order valence-corrected chi connectivity index (χ1v) is 5.31. The third-order valence-electron chi connectivity index (χ3n) is 2.42. The van der Waals surface area contributed by atoms with E-state index in [-0.39, 0.29) is 10.7 Å². The minimum absolute atomic E-state index is 0.171.